The maximum absolute atomic E-state index is 6.20. The van der Waals surface area contributed by atoms with Crippen LogP contribution in [0.15, 0.2) is 24.3 Å². The molecule has 2 nitrogen and oxygen atoms in total. The van der Waals surface area contributed by atoms with Crippen molar-refractivity contribution in [2.24, 2.45) is 0 Å². The van der Waals surface area contributed by atoms with Gasteiger partial charge in [0, 0.05) is 19.1 Å². The average molecular weight is 239 g/mol. The van der Waals surface area contributed by atoms with E-state index in [0.29, 0.717) is 0 Å². The van der Waals surface area contributed by atoms with Crippen molar-refractivity contribution in [3.8, 4) is 0 Å². The molecule has 1 aromatic carbocycles. The van der Waals surface area contributed by atoms with E-state index in [0.717, 1.165) is 24.2 Å². The van der Waals surface area contributed by atoms with Gasteiger partial charge in [-0.05, 0) is 39.1 Å². The van der Waals surface area contributed by atoms with Gasteiger partial charge in [0.25, 0.3) is 0 Å². The minimum absolute atomic E-state index is 0.721. The fourth-order valence-corrected chi connectivity index (χ4v) is 2.59. The van der Waals surface area contributed by atoms with Crippen molar-refractivity contribution < 1.29 is 0 Å². The van der Waals surface area contributed by atoms with Gasteiger partial charge in [0.2, 0.25) is 0 Å². The third-order valence-corrected chi connectivity index (χ3v) is 3.71. The molecule has 0 radical (unpaired) electrons. The van der Waals surface area contributed by atoms with Crippen LogP contribution in [0.5, 0.6) is 0 Å². The van der Waals surface area contributed by atoms with E-state index in [1.165, 1.54) is 18.5 Å². The number of hydrogen-bond donors (Lipinski definition) is 0. The van der Waals surface area contributed by atoms with Gasteiger partial charge >= 0.3 is 0 Å². The lowest BCUT2D eigenvalue weighted by molar-refractivity contribution is 0.249. The molecular formula is C13H19ClN2. The largest absolute Gasteiger partial charge is 0.370 e. The number of hydrogen-bond acceptors (Lipinski definition) is 2. The average Bonchev–Trinajstić information content (AvgIpc) is 2.30. The monoisotopic (exact) mass is 238 g/mol. The third-order valence-electron chi connectivity index (χ3n) is 3.39. The SMILES string of the molecule is CN(C)C1CCN(c2ccccc2Cl)CC1. The molecule has 1 saturated heterocycles. The fourth-order valence-electron chi connectivity index (χ4n) is 2.33. The van der Waals surface area contributed by atoms with Crippen molar-refractivity contribution in [1.82, 2.24) is 4.90 Å². The normalized spacial score (nSPS) is 18.1. The van der Waals surface area contributed by atoms with Crippen LogP contribution < -0.4 is 4.90 Å². The Bertz CT molecular complexity index is 344. The van der Waals surface area contributed by atoms with Crippen LogP contribution in [0.1, 0.15) is 12.8 Å². The van der Waals surface area contributed by atoms with E-state index in [9.17, 15) is 0 Å². The highest BCUT2D eigenvalue weighted by Crippen LogP contribution is 2.28. The van der Waals surface area contributed by atoms with Crippen molar-refractivity contribution in [1.29, 1.82) is 0 Å². The van der Waals surface area contributed by atoms with E-state index < -0.39 is 0 Å². The lowest BCUT2D eigenvalue weighted by Crippen LogP contribution is -2.42. The molecule has 1 fully saturated rings. The highest BCUT2D eigenvalue weighted by molar-refractivity contribution is 6.33. The summed E-state index contributed by atoms with van der Waals surface area (Å²) in [5.74, 6) is 0. The van der Waals surface area contributed by atoms with Gasteiger partial charge in [0.1, 0.15) is 0 Å². The van der Waals surface area contributed by atoms with E-state index in [-0.39, 0.29) is 0 Å². The van der Waals surface area contributed by atoms with Crippen molar-refractivity contribution in [2.45, 2.75) is 18.9 Å². The van der Waals surface area contributed by atoms with E-state index in [1.807, 2.05) is 12.1 Å². The lowest BCUT2D eigenvalue weighted by Gasteiger charge is -2.36. The van der Waals surface area contributed by atoms with Crippen molar-refractivity contribution in [2.75, 3.05) is 32.1 Å². The first-order valence-corrected chi connectivity index (χ1v) is 6.22. The summed E-state index contributed by atoms with van der Waals surface area (Å²) in [5.41, 5.74) is 1.18. The summed E-state index contributed by atoms with van der Waals surface area (Å²) in [6.45, 7) is 2.21. The second-order valence-electron chi connectivity index (χ2n) is 4.63. The molecule has 2 rings (SSSR count). The zero-order valence-electron chi connectivity index (χ0n) is 9.99. The second-order valence-corrected chi connectivity index (χ2v) is 5.04. The number of benzene rings is 1. The van der Waals surface area contributed by atoms with E-state index in [1.54, 1.807) is 0 Å². The van der Waals surface area contributed by atoms with Crippen molar-refractivity contribution >= 4 is 17.3 Å². The topological polar surface area (TPSA) is 6.48 Å². The summed E-state index contributed by atoms with van der Waals surface area (Å²) in [5, 5.41) is 0.866. The molecule has 0 atom stereocenters. The minimum Gasteiger partial charge on any atom is -0.370 e. The van der Waals surface area contributed by atoms with Gasteiger partial charge in [-0.15, -0.1) is 0 Å². The molecule has 88 valence electrons. The maximum Gasteiger partial charge on any atom is 0.0639 e. The maximum atomic E-state index is 6.20. The zero-order valence-corrected chi connectivity index (χ0v) is 10.7. The molecule has 0 aliphatic carbocycles. The summed E-state index contributed by atoms with van der Waals surface area (Å²) in [7, 11) is 4.33. The summed E-state index contributed by atoms with van der Waals surface area (Å²) < 4.78 is 0. The minimum atomic E-state index is 0.721. The van der Waals surface area contributed by atoms with Crippen LogP contribution in [0, 0.1) is 0 Å². The smallest absolute Gasteiger partial charge is 0.0639 e. The van der Waals surface area contributed by atoms with Crippen molar-refractivity contribution in [3.05, 3.63) is 29.3 Å². The summed E-state index contributed by atoms with van der Waals surface area (Å²) in [6, 6.07) is 8.84. The van der Waals surface area contributed by atoms with Gasteiger partial charge in [0.05, 0.1) is 10.7 Å². The Kier molecular flexibility index (Phi) is 3.72. The number of anilines is 1. The molecule has 1 aliphatic heterocycles. The summed E-state index contributed by atoms with van der Waals surface area (Å²) in [4.78, 5) is 4.71. The molecule has 0 unspecified atom stereocenters. The zero-order chi connectivity index (χ0) is 11.5. The first-order chi connectivity index (χ1) is 7.68. The van der Waals surface area contributed by atoms with Crippen LogP contribution in [0.3, 0.4) is 0 Å². The Labute approximate surface area is 103 Å². The number of rotatable bonds is 2. The van der Waals surface area contributed by atoms with Crippen LogP contribution in [0.4, 0.5) is 5.69 Å². The van der Waals surface area contributed by atoms with Crippen molar-refractivity contribution in [3.63, 3.8) is 0 Å². The summed E-state index contributed by atoms with van der Waals surface area (Å²) >= 11 is 6.20. The van der Waals surface area contributed by atoms with Crippen LogP contribution >= 0.6 is 11.6 Å². The quantitative estimate of drug-likeness (QED) is 0.782. The molecule has 1 aromatic rings. The summed E-state index contributed by atoms with van der Waals surface area (Å²) in [6.07, 6.45) is 2.44. The van der Waals surface area contributed by atoms with Gasteiger partial charge in [-0.3, -0.25) is 0 Å². The predicted octanol–water partition coefficient (Wildman–Crippen LogP) is 2.87. The number of para-hydroxylation sites is 1. The van der Waals surface area contributed by atoms with Crippen LogP contribution in [0.25, 0.3) is 0 Å². The van der Waals surface area contributed by atoms with Crippen LogP contribution in [-0.2, 0) is 0 Å². The predicted molar refractivity (Wildman–Crippen MR) is 70.4 cm³/mol. The van der Waals surface area contributed by atoms with E-state index in [4.69, 9.17) is 11.6 Å². The first kappa shape index (κ1) is 11.7. The standard InChI is InChI=1S/C13H19ClN2/c1-15(2)11-7-9-16(10-8-11)13-6-4-3-5-12(13)14/h3-6,11H,7-10H2,1-2H3. The molecule has 0 N–H and O–H groups in total. The molecular weight excluding hydrogens is 220 g/mol. The molecule has 0 spiro atoms. The molecule has 1 aliphatic rings. The number of piperidine rings is 1. The molecule has 0 aromatic heterocycles. The van der Waals surface area contributed by atoms with Crippen LogP contribution in [-0.4, -0.2) is 38.1 Å². The van der Waals surface area contributed by atoms with Gasteiger partial charge in [0.15, 0.2) is 0 Å². The Balaban J connectivity index is 2.02. The molecule has 0 saturated carbocycles. The molecule has 0 amide bonds. The first-order valence-electron chi connectivity index (χ1n) is 5.84. The molecule has 16 heavy (non-hydrogen) atoms. The van der Waals surface area contributed by atoms with E-state index >= 15 is 0 Å². The van der Waals surface area contributed by atoms with Crippen LogP contribution in [0.2, 0.25) is 5.02 Å². The van der Waals surface area contributed by atoms with Gasteiger partial charge in [-0.25, -0.2) is 0 Å². The van der Waals surface area contributed by atoms with Gasteiger partial charge < -0.3 is 9.80 Å². The molecule has 0 bridgehead atoms. The Morgan fingerprint density at radius 1 is 1.19 bits per heavy atom. The van der Waals surface area contributed by atoms with E-state index in [2.05, 4.69) is 36.0 Å². The highest BCUT2D eigenvalue weighted by Gasteiger charge is 2.21. The fraction of sp³-hybridized carbons (Fsp3) is 0.538. The number of halogens is 1. The van der Waals surface area contributed by atoms with Gasteiger partial charge in [-0.1, -0.05) is 23.7 Å². The third kappa shape index (κ3) is 2.50. The number of nitrogens with zero attached hydrogens (tertiary/aromatic N) is 2. The molecule has 3 heteroatoms. The van der Waals surface area contributed by atoms with Gasteiger partial charge in [-0.2, -0.15) is 0 Å². The molecule has 1 heterocycles. The Hall–Kier alpha value is -0.730. The Morgan fingerprint density at radius 3 is 2.38 bits per heavy atom. The second kappa shape index (κ2) is 5.07. The lowest BCUT2D eigenvalue weighted by atomic mass is 10.0. The Morgan fingerprint density at radius 2 is 1.81 bits per heavy atom. The highest BCUT2D eigenvalue weighted by atomic mass is 35.5.